The van der Waals surface area contributed by atoms with Crippen molar-refractivity contribution in [1.29, 1.82) is 0 Å². The van der Waals surface area contributed by atoms with Crippen LogP contribution in [0.2, 0.25) is 0 Å². The molecule has 3 N–H and O–H groups in total. The summed E-state index contributed by atoms with van der Waals surface area (Å²) in [5.41, 5.74) is -2.82. The molecule has 1 fully saturated rings. The summed E-state index contributed by atoms with van der Waals surface area (Å²) < 4.78 is 47.6. The number of benzene rings is 2. The van der Waals surface area contributed by atoms with Gasteiger partial charge in [0, 0.05) is 18.0 Å². The molecule has 0 unspecified atom stereocenters. The van der Waals surface area contributed by atoms with Gasteiger partial charge in [-0.2, -0.15) is 13.2 Å². The van der Waals surface area contributed by atoms with Crippen molar-refractivity contribution in [3.63, 3.8) is 0 Å². The minimum Gasteiger partial charge on any atom is -0.489 e. The van der Waals surface area contributed by atoms with Gasteiger partial charge in [0.1, 0.15) is 18.3 Å². The van der Waals surface area contributed by atoms with Crippen molar-refractivity contribution in [3.8, 4) is 5.75 Å². The van der Waals surface area contributed by atoms with Crippen molar-refractivity contribution in [1.82, 2.24) is 15.6 Å². The van der Waals surface area contributed by atoms with Crippen LogP contribution in [0.25, 0.3) is 0 Å². The highest BCUT2D eigenvalue weighted by molar-refractivity contribution is 6.00. The van der Waals surface area contributed by atoms with Gasteiger partial charge in [-0.05, 0) is 35.4 Å². The standard InChI is InChI=1S/C24H20F3N3O4/c25-24(26,27)23(33)19(21(31)17-7-4-12-28-13-17)20(29-22(32)30-23)16-8-10-18(11-9-16)34-14-15-5-2-1-3-6-15/h1-13,19-20,33H,14H2,(H2,29,30,32)/t19-,20+,23+/m1/s1. The Morgan fingerprint density at radius 2 is 1.76 bits per heavy atom. The second-order valence-electron chi connectivity index (χ2n) is 7.77. The minimum atomic E-state index is -5.33. The first kappa shape index (κ1) is 23.2. The van der Waals surface area contributed by atoms with Crippen molar-refractivity contribution in [3.05, 3.63) is 95.8 Å². The van der Waals surface area contributed by atoms with Gasteiger partial charge in [0.15, 0.2) is 5.78 Å². The SMILES string of the molecule is O=C1N[C@@H](c2ccc(OCc3ccccc3)cc2)[C@H](C(=O)c2cccnc2)[C@](O)(C(F)(F)F)N1. The Labute approximate surface area is 192 Å². The van der Waals surface area contributed by atoms with E-state index in [-0.39, 0.29) is 17.7 Å². The molecule has 1 saturated heterocycles. The first-order valence-corrected chi connectivity index (χ1v) is 10.3. The van der Waals surface area contributed by atoms with Crippen molar-refractivity contribution >= 4 is 11.8 Å². The number of nitrogens with one attached hydrogen (secondary N) is 2. The molecule has 10 heteroatoms. The summed E-state index contributed by atoms with van der Waals surface area (Å²) in [4.78, 5) is 29.0. The molecule has 3 atom stereocenters. The third kappa shape index (κ3) is 4.58. The van der Waals surface area contributed by atoms with Crippen LogP contribution in [0, 0.1) is 5.92 Å². The summed E-state index contributed by atoms with van der Waals surface area (Å²) >= 11 is 0. The Kier molecular flexibility index (Phi) is 6.25. The first-order valence-electron chi connectivity index (χ1n) is 10.3. The number of pyridine rings is 1. The smallest absolute Gasteiger partial charge is 0.437 e. The fourth-order valence-corrected chi connectivity index (χ4v) is 3.82. The third-order valence-electron chi connectivity index (χ3n) is 5.52. The number of hydrogen-bond donors (Lipinski definition) is 3. The normalized spacial score (nSPS) is 22.4. The van der Waals surface area contributed by atoms with Crippen molar-refractivity contribution < 1.29 is 32.6 Å². The van der Waals surface area contributed by atoms with E-state index in [0.717, 1.165) is 11.8 Å². The highest BCUT2D eigenvalue weighted by atomic mass is 19.4. The summed E-state index contributed by atoms with van der Waals surface area (Å²) in [6.07, 6.45) is -2.86. The van der Waals surface area contributed by atoms with Crippen LogP contribution in [0.5, 0.6) is 5.75 Å². The number of nitrogens with zero attached hydrogens (tertiary/aromatic N) is 1. The highest BCUT2D eigenvalue weighted by Crippen LogP contribution is 2.44. The number of amides is 2. The average molecular weight is 471 g/mol. The molecule has 0 saturated carbocycles. The van der Waals surface area contributed by atoms with Gasteiger partial charge < -0.3 is 20.5 Å². The molecule has 0 radical (unpaired) electrons. The Balaban J connectivity index is 1.66. The molecule has 1 aliphatic rings. The molecule has 2 aromatic carbocycles. The zero-order chi connectivity index (χ0) is 24.3. The largest absolute Gasteiger partial charge is 0.489 e. The van der Waals surface area contributed by atoms with Crippen LogP contribution >= 0.6 is 0 Å². The number of ketones is 1. The van der Waals surface area contributed by atoms with Gasteiger partial charge in [-0.15, -0.1) is 0 Å². The van der Waals surface area contributed by atoms with E-state index in [9.17, 15) is 27.9 Å². The molecule has 4 rings (SSSR count). The van der Waals surface area contributed by atoms with E-state index in [0.29, 0.717) is 5.75 Å². The third-order valence-corrected chi connectivity index (χ3v) is 5.52. The maximum Gasteiger partial charge on any atom is 0.437 e. The summed E-state index contributed by atoms with van der Waals surface area (Å²) in [7, 11) is 0. The molecule has 7 nitrogen and oxygen atoms in total. The van der Waals surface area contributed by atoms with Crippen molar-refractivity contribution in [2.24, 2.45) is 5.92 Å². The fourth-order valence-electron chi connectivity index (χ4n) is 3.82. The summed E-state index contributed by atoms with van der Waals surface area (Å²) in [5, 5.41) is 14.4. The van der Waals surface area contributed by atoms with Crippen LogP contribution in [-0.2, 0) is 6.61 Å². The lowest BCUT2D eigenvalue weighted by molar-refractivity contribution is -0.287. The number of aromatic nitrogens is 1. The van der Waals surface area contributed by atoms with E-state index in [1.165, 1.54) is 47.9 Å². The average Bonchev–Trinajstić information content (AvgIpc) is 2.83. The topological polar surface area (TPSA) is 101 Å². The van der Waals surface area contributed by atoms with E-state index in [1.807, 2.05) is 30.3 Å². The molecule has 2 amide bonds. The number of Topliss-reactive ketones (excluding diaryl/α,β-unsaturated/α-hetero) is 1. The quantitative estimate of drug-likeness (QED) is 0.476. The van der Waals surface area contributed by atoms with Gasteiger partial charge in [0.05, 0.1) is 6.04 Å². The van der Waals surface area contributed by atoms with Gasteiger partial charge in [0.25, 0.3) is 0 Å². The number of hydrogen-bond acceptors (Lipinski definition) is 5. The van der Waals surface area contributed by atoms with E-state index in [1.54, 1.807) is 0 Å². The van der Waals surface area contributed by atoms with Gasteiger partial charge in [-0.25, -0.2) is 4.79 Å². The van der Waals surface area contributed by atoms with Gasteiger partial charge >= 0.3 is 12.2 Å². The lowest BCUT2D eigenvalue weighted by Gasteiger charge is -2.45. The van der Waals surface area contributed by atoms with Gasteiger partial charge in [-0.1, -0.05) is 42.5 Å². The number of halogens is 3. The first-order chi connectivity index (χ1) is 16.2. The highest BCUT2D eigenvalue weighted by Gasteiger charge is 2.66. The molecule has 2 heterocycles. The molecule has 34 heavy (non-hydrogen) atoms. The maximum absolute atomic E-state index is 14.0. The van der Waals surface area contributed by atoms with E-state index < -0.39 is 35.7 Å². The summed E-state index contributed by atoms with van der Waals surface area (Å²) in [6.45, 7) is 0.278. The maximum atomic E-state index is 14.0. The van der Waals surface area contributed by atoms with E-state index in [2.05, 4.69) is 10.3 Å². The molecule has 0 spiro atoms. The fraction of sp³-hybridized carbons (Fsp3) is 0.208. The number of carbonyl (C=O) groups is 2. The van der Waals surface area contributed by atoms with Crippen LogP contribution in [0.15, 0.2) is 79.1 Å². The predicted molar refractivity (Wildman–Crippen MR) is 115 cm³/mol. The van der Waals surface area contributed by atoms with Crippen molar-refractivity contribution in [2.45, 2.75) is 24.6 Å². The molecule has 0 aliphatic carbocycles. The molecule has 1 aliphatic heterocycles. The number of aliphatic hydroxyl groups is 1. The zero-order valence-electron chi connectivity index (χ0n) is 17.6. The minimum absolute atomic E-state index is 0.138. The molecule has 3 aromatic rings. The number of carbonyl (C=O) groups excluding carboxylic acids is 2. The lowest BCUT2D eigenvalue weighted by atomic mass is 9.77. The number of urea groups is 1. The van der Waals surface area contributed by atoms with Crippen LogP contribution in [0.3, 0.4) is 0 Å². The summed E-state index contributed by atoms with van der Waals surface area (Å²) in [5.74, 6) is -2.71. The molecule has 1 aromatic heterocycles. The number of alkyl halides is 3. The second kappa shape index (κ2) is 9.14. The molecular weight excluding hydrogens is 451 g/mol. The lowest BCUT2D eigenvalue weighted by Crippen LogP contribution is -2.72. The Morgan fingerprint density at radius 3 is 2.38 bits per heavy atom. The van der Waals surface area contributed by atoms with Gasteiger partial charge in [-0.3, -0.25) is 9.78 Å². The Bertz CT molecular complexity index is 1160. The predicted octanol–water partition coefficient (Wildman–Crippen LogP) is 3.76. The van der Waals surface area contributed by atoms with Crippen LogP contribution in [-0.4, -0.2) is 33.8 Å². The molecular formula is C24H20F3N3O4. The van der Waals surface area contributed by atoms with E-state index in [4.69, 9.17) is 4.74 Å². The molecule has 0 bridgehead atoms. The van der Waals surface area contributed by atoms with Crippen LogP contribution < -0.4 is 15.4 Å². The second-order valence-corrected chi connectivity index (χ2v) is 7.77. The zero-order valence-corrected chi connectivity index (χ0v) is 17.6. The van der Waals surface area contributed by atoms with Gasteiger partial charge in [0.2, 0.25) is 5.72 Å². The number of rotatable bonds is 6. The Hall–Kier alpha value is -3.92. The number of ether oxygens (including phenoxy) is 1. The van der Waals surface area contributed by atoms with E-state index >= 15 is 0 Å². The van der Waals surface area contributed by atoms with Crippen LogP contribution in [0.1, 0.15) is 27.5 Å². The Morgan fingerprint density at radius 1 is 1.06 bits per heavy atom. The van der Waals surface area contributed by atoms with Crippen LogP contribution in [0.4, 0.5) is 18.0 Å². The van der Waals surface area contributed by atoms with Crippen molar-refractivity contribution in [2.75, 3.05) is 0 Å². The monoisotopic (exact) mass is 471 g/mol. The summed E-state index contributed by atoms with van der Waals surface area (Å²) in [6, 6.07) is 15.2. The molecule has 176 valence electrons.